The van der Waals surface area contributed by atoms with E-state index in [9.17, 15) is 9.46 Å². The van der Waals surface area contributed by atoms with Gasteiger partial charge in [0, 0.05) is 15.5 Å². The lowest BCUT2D eigenvalue weighted by atomic mass is 10.2. The third-order valence-corrected chi connectivity index (χ3v) is 6.99. The van der Waals surface area contributed by atoms with Crippen LogP contribution >= 0.6 is 23.5 Å². The number of ether oxygens (including phenoxy) is 1. The van der Waals surface area contributed by atoms with Gasteiger partial charge in [-0.2, -0.15) is 0 Å². The minimum Gasteiger partial charge on any atom is -0.491 e. The maximum absolute atomic E-state index is 13.3. The summed E-state index contributed by atoms with van der Waals surface area (Å²) in [6.45, 7) is 9.54. The molecule has 3 aromatic rings. The fourth-order valence-electron chi connectivity index (χ4n) is 3.32. The van der Waals surface area contributed by atoms with Crippen LogP contribution in [-0.2, 0) is 9.09 Å². The maximum Gasteiger partial charge on any atom is 0.375 e. The number of hydrogen-bond donors (Lipinski definition) is 1. The van der Waals surface area contributed by atoms with E-state index in [0.29, 0.717) is 11.9 Å². The zero-order valence-corrected chi connectivity index (χ0v) is 19.8. The Morgan fingerprint density at radius 2 is 1.79 bits per heavy atom. The third kappa shape index (κ3) is 4.61. The summed E-state index contributed by atoms with van der Waals surface area (Å²) in [5.41, 5.74) is 2.65. The standard InChI is InChI=1S/C22H27BrNO4P/c1-6-15(4)28-29(25,26)22-16(5)20-13-17(23)7-12-21(20)24(22)18-8-10-19(11-9-18)27-14(2)3/h7-15H,6H2,1-5H3,(H,25,26). The molecule has 3 rings (SSSR count). The van der Waals surface area contributed by atoms with Crippen molar-refractivity contribution in [1.82, 2.24) is 4.57 Å². The summed E-state index contributed by atoms with van der Waals surface area (Å²) in [5.74, 6) is 0.754. The molecule has 0 aliphatic carbocycles. The van der Waals surface area contributed by atoms with E-state index in [1.165, 1.54) is 0 Å². The second kappa shape index (κ2) is 8.65. The van der Waals surface area contributed by atoms with Gasteiger partial charge in [0.05, 0.1) is 17.7 Å². The maximum atomic E-state index is 13.3. The van der Waals surface area contributed by atoms with Gasteiger partial charge in [0.1, 0.15) is 11.2 Å². The summed E-state index contributed by atoms with van der Waals surface area (Å²) in [7, 11) is -4.06. The molecule has 2 aromatic carbocycles. The van der Waals surface area contributed by atoms with Gasteiger partial charge in [0.25, 0.3) is 0 Å². The molecule has 7 heteroatoms. The molecule has 156 valence electrons. The monoisotopic (exact) mass is 479 g/mol. The molecule has 1 heterocycles. The number of fused-ring (bicyclic) bond motifs is 1. The molecule has 0 amide bonds. The van der Waals surface area contributed by atoms with Gasteiger partial charge in [0.15, 0.2) is 0 Å². The van der Waals surface area contributed by atoms with Crippen LogP contribution in [0.3, 0.4) is 0 Å². The fourth-order valence-corrected chi connectivity index (χ4v) is 5.44. The van der Waals surface area contributed by atoms with Gasteiger partial charge in [-0.05, 0) is 82.1 Å². The highest BCUT2D eigenvalue weighted by atomic mass is 79.9. The van der Waals surface area contributed by atoms with Crippen molar-refractivity contribution in [3.8, 4) is 11.4 Å². The summed E-state index contributed by atoms with van der Waals surface area (Å²) in [6, 6.07) is 13.4. The second-order valence-electron chi connectivity index (χ2n) is 7.45. The Bertz CT molecular complexity index is 1060. The average molecular weight is 480 g/mol. The van der Waals surface area contributed by atoms with Gasteiger partial charge in [-0.25, -0.2) is 0 Å². The van der Waals surface area contributed by atoms with Gasteiger partial charge >= 0.3 is 7.60 Å². The van der Waals surface area contributed by atoms with Crippen molar-refractivity contribution in [3.05, 3.63) is 52.5 Å². The van der Waals surface area contributed by atoms with Crippen LogP contribution in [-0.4, -0.2) is 21.7 Å². The molecule has 2 unspecified atom stereocenters. The molecule has 0 bridgehead atoms. The quantitative estimate of drug-likeness (QED) is 0.415. The van der Waals surface area contributed by atoms with Gasteiger partial charge in [-0.1, -0.05) is 22.9 Å². The SMILES string of the molecule is CCC(C)OP(=O)(O)c1c(C)c2cc(Br)ccc2n1-c1ccc(OC(C)C)cc1. The molecule has 0 radical (unpaired) electrons. The summed E-state index contributed by atoms with van der Waals surface area (Å²) < 4.78 is 27.4. The lowest BCUT2D eigenvalue weighted by Gasteiger charge is -2.20. The molecule has 0 saturated heterocycles. The second-order valence-corrected chi connectivity index (χ2v) is 10.0. The van der Waals surface area contributed by atoms with E-state index < -0.39 is 7.60 Å². The fraction of sp³-hybridized carbons (Fsp3) is 0.364. The predicted octanol–water partition coefficient (Wildman–Crippen LogP) is 6.11. The van der Waals surface area contributed by atoms with E-state index in [0.717, 1.165) is 32.4 Å². The summed E-state index contributed by atoms with van der Waals surface area (Å²) >= 11 is 3.50. The number of halogens is 1. The van der Waals surface area contributed by atoms with Crippen molar-refractivity contribution in [1.29, 1.82) is 0 Å². The van der Waals surface area contributed by atoms with E-state index in [2.05, 4.69) is 15.9 Å². The highest BCUT2D eigenvalue weighted by Gasteiger charge is 2.33. The summed E-state index contributed by atoms with van der Waals surface area (Å²) in [6.07, 6.45) is 0.395. The molecule has 5 nitrogen and oxygen atoms in total. The Hall–Kier alpha value is -1.59. The first-order valence-corrected chi connectivity index (χ1v) is 12.1. The van der Waals surface area contributed by atoms with Crippen LogP contribution < -0.4 is 10.2 Å². The topological polar surface area (TPSA) is 60.7 Å². The average Bonchev–Trinajstić information content (AvgIpc) is 2.94. The van der Waals surface area contributed by atoms with Crippen molar-refractivity contribution in [3.63, 3.8) is 0 Å². The van der Waals surface area contributed by atoms with Gasteiger partial charge in [0.2, 0.25) is 0 Å². The van der Waals surface area contributed by atoms with Crippen LogP contribution in [0.5, 0.6) is 5.75 Å². The van der Waals surface area contributed by atoms with Crippen molar-refractivity contribution in [2.45, 2.75) is 53.2 Å². The largest absolute Gasteiger partial charge is 0.491 e. The predicted molar refractivity (Wildman–Crippen MR) is 122 cm³/mol. The van der Waals surface area contributed by atoms with Crippen LogP contribution in [0.1, 0.15) is 39.7 Å². The van der Waals surface area contributed by atoms with Crippen molar-refractivity contribution >= 4 is 39.9 Å². The van der Waals surface area contributed by atoms with E-state index in [-0.39, 0.29) is 12.2 Å². The molecule has 0 aliphatic rings. The van der Waals surface area contributed by atoms with Crippen molar-refractivity contribution in [2.75, 3.05) is 0 Å². The Morgan fingerprint density at radius 3 is 2.38 bits per heavy atom. The van der Waals surface area contributed by atoms with Crippen LogP contribution in [0.15, 0.2) is 46.9 Å². The third-order valence-electron chi connectivity index (χ3n) is 4.78. The lowest BCUT2D eigenvalue weighted by Crippen LogP contribution is -2.21. The van der Waals surface area contributed by atoms with Crippen LogP contribution in [0.25, 0.3) is 16.6 Å². The summed E-state index contributed by atoms with van der Waals surface area (Å²) in [4.78, 5) is 10.9. The van der Waals surface area contributed by atoms with Crippen LogP contribution in [0.2, 0.25) is 0 Å². The molecule has 29 heavy (non-hydrogen) atoms. The Balaban J connectivity index is 2.23. The smallest absolute Gasteiger partial charge is 0.375 e. The number of aryl methyl sites for hydroxylation is 1. The molecular formula is C22H27BrNO4P. The molecule has 0 saturated carbocycles. The van der Waals surface area contributed by atoms with Gasteiger partial charge in [-0.3, -0.25) is 4.57 Å². The first kappa shape index (κ1) is 22.1. The molecule has 1 N–H and O–H groups in total. The van der Waals surface area contributed by atoms with Gasteiger partial charge < -0.3 is 18.7 Å². The molecule has 2 atom stereocenters. The highest BCUT2D eigenvalue weighted by Crippen LogP contribution is 2.46. The van der Waals surface area contributed by atoms with Crippen LogP contribution in [0.4, 0.5) is 0 Å². The first-order valence-electron chi connectivity index (χ1n) is 9.73. The Morgan fingerprint density at radius 1 is 1.14 bits per heavy atom. The highest BCUT2D eigenvalue weighted by molar-refractivity contribution is 9.10. The molecule has 0 fully saturated rings. The lowest BCUT2D eigenvalue weighted by molar-refractivity contribution is 0.191. The molecule has 1 aromatic heterocycles. The summed E-state index contributed by atoms with van der Waals surface area (Å²) in [5, 5.41) is 0.902. The number of rotatable bonds is 7. The van der Waals surface area contributed by atoms with Crippen LogP contribution in [0, 0.1) is 6.92 Å². The molecule has 0 spiro atoms. The Kier molecular flexibility index (Phi) is 6.59. The zero-order chi connectivity index (χ0) is 21.3. The zero-order valence-electron chi connectivity index (χ0n) is 17.3. The molecular weight excluding hydrogens is 453 g/mol. The Labute approximate surface area is 180 Å². The number of nitrogens with zero attached hydrogens (tertiary/aromatic N) is 1. The number of benzene rings is 2. The van der Waals surface area contributed by atoms with Gasteiger partial charge in [-0.15, -0.1) is 0 Å². The molecule has 0 aliphatic heterocycles. The number of hydrogen-bond acceptors (Lipinski definition) is 3. The van der Waals surface area contributed by atoms with E-state index in [1.807, 2.05) is 74.7 Å². The minimum atomic E-state index is -4.06. The normalized spacial score (nSPS) is 14.9. The van der Waals surface area contributed by atoms with E-state index in [4.69, 9.17) is 9.26 Å². The van der Waals surface area contributed by atoms with Crippen molar-refractivity contribution < 1.29 is 18.7 Å². The minimum absolute atomic E-state index is 0.0741. The first-order chi connectivity index (χ1) is 13.6. The van der Waals surface area contributed by atoms with E-state index >= 15 is 0 Å². The van der Waals surface area contributed by atoms with Crippen molar-refractivity contribution in [2.24, 2.45) is 0 Å². The van der Waals surface area contributed by atoms with E-state index in [1.54, 1.807) is 6.92 Å². The number of aromatic nitrogens is 1.